The van der Waals surface area contributed by atoms with Gasteiger partial charge in [-0.25, -0.2) is 0 Å². The van der Waals surface area contributed by atoms with Crippen LogP contribution < -0.4 is 0 Å². The lowest BCUT2D eigenvalue weighted by Crippen LogP contribution is -2.10. The van der Waals surface area contributed by atoms with Crippen molar-refractivity contribution in [3.8, 4) is 0 Å². The highest BCUT2D eigenvalue weighted by atomic mass is 35.5. The quantitative estimate of drug-likeness (QED) is 0.365. The van der Waals surface area contributed by atoms with Crippen LogP contribution in [0.1, 0.15) is 22.8 Å². The molecule has 2 aromatic rings. The number of Topliss-reactive ketones (excluding diaryl/α,β-unsaturated/α-hetero) is 2. The molecule has 0 bridgehead atoms. The van der Waals surface area contributed by atoms with E-state index < -0.39 is 0 Å². The fraction of sp³-hybridized carbons (Fsp3) is 0.0588. The largest absolute Gasteiger partial charge is 0.294 e. The Morgan fingerprint density at radius 3 is 2.10 bits per heavy atom. The van der Waals surface area contributed by atoms with E-state index in [2.05, 4.69) is 0 Å². The van der Waals surface area contributed by atoms with Crippen LogP contribution in [0.3, 0.4) is 0 Å². The van der Waals surface area contributed by atoms with Gasteiger partial charge in [-0.3, -0.25) is 9.59 Å². The number of ketones is 2. The lowest BCUT2D eigenvalue weighted by atomic mass is 9.98. The summed E-state index contributed by atoms with van der Waals surface area (Å²) < 4.78 is 0. The van der Waals surface area contributed by atoms with Crippen molar-refractivity contribution in [1.29, 1.82) is 0 Å². The molecule has 0 aliphatic carbocycles. The number of benzene rings is 2. The molecule has 20 heavy (non-hydrogen) atoms. The highest BCUT2D eigenvalue weighted by Crippen LogP contribution is 2.16. The van der Waals surface area contributed by atoms with E-state index in [1.165, 1.54) is 6.92 Å². The Kier molecular flexibility index (Phi) is 4.49. The molecule has 0 saturated heterocycles. The third-order valence-corrected chi connectivity index (χ3v) is 3.09. The maximum atomic E-state index is 12.3. The van der Waals surface area contributed by atoms with Gasteiger partial charge in [0.25, 0.3) is 0 Å². The van der Waals surface area contributed by atoms with Crippen LogP contribution in [0.2, 0.25) is 5.02 Å². The molecule has 0 saturated carbocycles. The molecule has 0 aliphatic heterocycles. The number of rotatable bonds is 4. The summed E-state index contributed by atoms with van der Waals surface area (Å²) in [4.78, 5) is 24.1. The van der Waals surface area contributed by atoms with Gasteiger partial charge in [0.1, 0.15) is 0 Å². The Bertz CT molecular complexity index is 655. The molecule has 2 aromatic carbocycles. The summed E-state index contributed by atoms with van der Waals surface area (Å²) in [5.41, 5.74) is 1.44. The number of halogens is 1. The second-order valence-electron chi connectivity index (χ2n) is 4.36. The average molecular weight is 285 g/mol. The number of hydrogen-bond acceptors (Lipinski definition) is 2. The van der Waals surface area contributed by atoms with Crippen molar-refractivity contribution in [2.24, 2.45) is 0 Å². The minimum absolute atomic E-state index is 0.165. The van der Waals surface area contributed by atoms with E-state index in [4.69, 9.17) is 11.6 Å². The zero-order valence-electron chi connectivity index (χ0n) is 11.0. The van der Waals surface area contributed by atoms with Gasteiger partial charge in [-0.1, -0.05) is 54.1 Å². The van der Waals surface area contributed by atoms with Crippen molar-refractivity contribution in [3.63, 3.8) is 0 Å². The first kappa shape index (κ1) is 14.2. The van der Waals surface area contributed by atoms with Gasteiger partial charge in [-0.15, -0.1) is 0 Å². The average Bonchev–Trinajstić information content (AvgIpc) is 2.46. The molecule has 0 atom stereocenters. The van der Waals surface area contributed by atoms with E-state index in [0.717, 1.165) is 5.56 Å². The second-order valence-corrected chi connectivity index (χ2v) is 4.80. The number of hydrogen-bond donors (Lipinski definition) is 0. The lowest BCUT2D eigenvalue weighted by molar-refractivity contribution is -0.113. The topological polar surface area (TPSA) is 34.1 Å². The van der Waals surface area contributed by atoms with Crippen molar-refractivity contribution in [1.82, 2.24) is 0 Å². The summed E-state index contributed by atoms with van der Waals surface area (Å²) in [6, 6.07) is 15.7. The van der Waals surface area contributed by atoms with E-state index in [-0.39, 0.29) is 17.1 Å². The van der Waals surface area contributed by atoms with Crippen LogP contribution in [-0.2, 0) is 4.79 Å². The summed E-state index contributed by atoms with van der Waals surface area (Å²) in [6.07, 6.45) is 1.59. The number of carbonyl (C=O) groups excluding carboxylic acids is 2. The third-order valence-electron chi connectivity index (χ3n) is 2.84. The van der Waals surface area contributed by atoms with Crippen molar-refractivity contribution in [3.05, 3.63) is 76.3 Å². The van der Waals surface area contributed by atoms with Crippen LogP contribution in [0, 0.1) is 0 Å². The molecular formula is C17H13ClO2. The van der Waals surface area contributed by atoms with Gasteiger partial charge in [0.2, 0.25) is 0 Å². The predicted octanol–water partition coefficient (Wildman–Crippen LogP) is 4.20. The van der Waals surface area contributed by atoms with Crippen LogP contribution in [0.5, 0.6) is 0 Å². The van der Waals surface area contributed by atoms with E-state index in [1.807, 2.05) is 6.07 Å². The van der Waals surface area contributed by atoms with E-state index in [0.29, 0.717) is 10.6 Å². The minimum Gasteiger partial charge on any atom is -0.294 e. The summed E-state index contributed by atoms with van der Waals surface area (Å²) >= 11 is 5.81. The molecule has 100 valence electrons. The van der Waals surface area contributed by atoms with Gasteiger partial charge >= 0.3 is 0 Å². The molecule has 0 unspecified atom stereocenters. The first-order valence-electron chi connectivity index (χ1n) is 6.16. The standard InChI is InChI=1S/C17H13ClO2/c1-12(19)16(11-13-7-9-15(18)10-8-13)17(20)14-5-3-2-4-6-14/h2-11H,1H3/b16-11-. The molecule has 0 aromatic heterocycles. The van der Waals surface area contributed by atoms with Crippen LogP contribution in [0.15, 0.2) is 60.2 Å². The zero-order valence-corrected chi connectivity index (χ0v) is 11.7. The zero-order chi connectivity index (χ0) is 14.5. The number of carbonyl (C=O) groups is 2. The van der Waals surface area contributed by atoms with Gasteiger partial charge in [0, 0.05) is 10.6 Å². The first-order chi connectivity index (χ1) is 9.58. The predicted molar refractivity (Wildman–Crippen MR) is 80.9 cm³/mol. The second kappa shape index (κ2) is 6.31. The molecule has 3 heteroatoms. The lowest BCUT2D eigenvalue weighted by Gasteiger charge is -2.04. The molecule has 0 fully saturated rings. The Morgan fingerprint density at radius 2 is 1.55 bits per heavy atom. The van der Waals surface area contributed by atoms with Crippen molar-refractivity contribution < 1.29 is 9.59 Å². The normalized spacial score (nSPS) is 11.2. The SMILES string of the molecule is CC(=O)/C(=C/c1ccc(Cl)cc1)C(=O)c1ccccc1. The van der Waals surface area contributed by atoms with Gasteiger partial charge in [-0.2, -0.15) is 0 Å². The Hall–Kier alpha value is -2.19. The molecule has 2 rings (SSSR count). The van der Waals surface area contributed by atoms with Crippen LogP contribution in [-0.4, -0.2) is 11.6 Å². The fourth-order valence-corrected chi connectivity index (χ4v) is 1.92. The summed E-state index contributed by atoms with van der Waals surface area (Å²) in [6.45, 7) is 1.39. The number of allylic oxidation sites excluding steroid dienone is 1. The summed E-state index contributed by atoms with van der Waals surface area (Å²) in [7, 11) is 0. The molecular weight excluding hydrogens is 272 g/mol. The van der Waals surface area contributed by atoms with E-state index in [9.17, 15) is 9.59 Å². The van der Waals surface area contributed by atoms with Gasteiger partial charge in [0.05, 0.1) is 5.57 Å². The first-order valence-corrected chi connectivity index (χ1v) is 6.53. The van der Waals surface area contributed by atoms with Gasteiger partial charge in [-0.05, 0) is 30.7 Å². The van der Waals surface area contributed by atoms with E-state index >= 15 is 0 Å². The maximum Gasteiger partial charge on any atom is 0.196 e. The fourth-order valence-electron chi connectivity index (χ4n) is 1.80. The maximum absolute atomic E-state index is 12.3. The Balaban J connectivity index is 2.39. The third kappa shape index (κ3) is 3.43. The smallest absolute Gasteiger partial charge is 0.196 e. The van der Waals surface area contributed by atoms with Crippen LogP contribution in [0.25, 0.3) is 6.08 Å². The van der Waals surface area contributed by atoms with E-state index in [1.54, 1.807) is 54.6 Å². The molecule has 0 N–H and O–H groups in total. The molecule has 0 amide bonds. The highest BCUT2D eigenvalue weighted by molar-refractivity contribution is 6.30. The monoisotopic (exact) mass is 284 g/mol. The molecule has 0 heterocycles. The highest BCUT2D eigenvalue weighted by Gasteiger charge is 2.16. The minimum atomic E-state index is -0.270. The molecule has 0 radical (unpaired) electrons. The van der Waals surface area contributed by atoms with Crippen molar-refractivity contribution >= 4 is 29.2 Å². The molecule has 0 aliphatic rings. The van der Waals surface area contributed by atoms with Gasteiger partial charge < -0.3 is 0 Å². The van der Waals surface area contributed by atoms with Crippen LogP contribution >= 0.6 is 11.6 Å². The summed E-state index contributed by atoms with van der Waals surface area (Å²) in [5, 5.41) is 0.612. The molecule has 0 spiro atoms. The Labute approximate surface area is 122 Å². The van der Waals surface area contributed by atoms with Crippen molar-refractivity contribution in [2.45, 2.75) is 6.92 Å². The Morgan fingerprint density at radius 1 is 0.950 bits per heavy atom. The van der Waals surface area contributed by atoms with Gasteiger partial charge in [0.15, 0.2) is 11.6 Å². The van der Waals surface area contributed by atoms with Crippen molar-refractivity contribution in [2.75, 3.05) is 0 Å². The molecule has 2 nitrogen and oxygen atoms in total. The summed E-state index contributed by atoms with van der Waals surface area (Å²) in [5.74, 6) is -0.526. The van der Waals surface area contributed by atoms with Crippen LogP contribution in [0.4, 0.5) is 0 Å².